The minimum atomic E-state index is -3.66. The number of piperazine rings is 1. The number of para-hydroxylation sites is 1. The molecule has 1 aliphatic heterocycles. The molecule has 140 valence electrons. The highest BCUT2D eigenvalue weighted by molar-refractivity contribution is 7.89. The van der Waals surface area contributed by atoms with Crippen LogP contribution in [0.1, 0.15) is 12.5 Å². The molecule has 0 saturated carbocycles. The Labute approximate surface area is 160 Å². The molecule has 2 aromatic rings. The van der Waals surface area contributed by atoms with Gasteiger partial charge in [-0.25, -0.2) is 8.42 Å². The van der Waals surface area contributed by atoms with Gasteiger partial charge in [-0.3, -0.25) is 0 Å². The molecular weight excluding hydrogens is 372 g/mol. The molecule has 1 saturated heterocycles. The van der Waals surface area contributed by atoms with Gasteiger partial charge in [0.05, 0.1) is 6.61 Å². The molecule has 26 heavy (non-hydrogen) atoms. The molecule has 2 aromatic carbocycles. The van der Waals surface area contributed by atoms with Gasteiger partial charge >= 0.3 is 0 Å². The van der Waals surface area contributed by atoms with E-state index in [9.17, 15) is 8.42 Å². The average Bonchev–Trinajstić information content (AvgIpc) is 2.65. The van der Waals surface area contributed by atoms with Gasteiger partial charge in [-0.1, -0.05) is 29.8 Å². The third-order valence-electron chi connectivity index (χ3n) is 4.50. The van der Waals surface area contributed by atoms with E-state index in [0.717, 1.165) is 11.3 Å². The van der Waals surface area contributed by atoms with Crippen molar-refractivity contribution in [2.45, 2.75) is 18.7 Å². The second-order valence-electron chi connectivity index (χ2n) is 6.21. The van der Waals surface area contributed by atoms with Crippen molar-refractivity contribution in [1.29, 1.82) is 0 Å². The Morgan fingerprint density at radius 2 is 1.73 bits per heavy atom. The van der Waals surface area contributed by atoms with Crippen LogP contribution in [0.5, 0.6) is 5.75 Å². The van der Waals surface area contributed by atoms with Gasteiger partial charge < -0.3 is 9.64 Å². The van der Waals surface area contributed by atoms with Crippen molar-refractivity contribution < 1.29 is 13.2 Å². The third-order valence-corrected chi connectivity index (χ3v) is 6.83. The number of nitrogens with zero attached hydrogens (tertiary/aromatic N) is 2. The smallest absolute Gasteiger partial charge is 0.246 e. The van der Waals surface area contributed by atoms with Gasteiger partial charge in [0.2, 0.25) is 10.0 Å². The Kier molecular flexibility index (Phi) is 5.75. The molecule has 3 rings (SSSR count). The minimum absolute atomic E-state index is 0.142. The summed E-state index contributed by atoms with van der Waals surface area (Å²) in [6.07, 6.45) is 0. The fourth-order valence-electron chi connectivity index (χ4n) is 3.07. The summed E-state index contributed by atoms with van der Waals surface area (Å²) in [6.45, 7) is 6.20. The third kappa shape index (κ3) is 3.82. The van der Waals surface area contributed by atoms with Crippen LogP contribution in [0, 0.1) is 6.92 Å². The Morgan fingerprint density at radius 1 is 1.08 bits per heavy atom. The summed E-state index contributed by atoms with van der Waals surface area (Å²) in [5.41, 5.74) is 1.90. The Balaban J connectivity index is 1.83. The first-order valence-corrected chi connectivity index (χ1v) is 10.5. The number of rotatable bonds is 5. The van der Waals surface area contributed by atoms with Gasteiger partial charge in [-0.2, -0.15) is 4.31 Å². The second-order valence-corrected chi connectivity index (χ2v) is 8.52. The molecule has 1 aliphatic rings. The Morgan fingerprint density at radius 3 is 2.35 bits per heavy atom. The number of benzene rings is 2. The van der Waals surface area contributed by atoms with E-state index in [-0.39, 0.29) is 4.90 Å². The quantitative estimate of drug-likeness (QED) is 0.778. The van der Waals surface area contributed by atoms with E-state index in [1.807, 2.05) is 44.2 Å². The van der Waals surface area contributed by atoms with E-state index >= 15 is 0 Å². The van der Waals surface area contributed by atoms with E-state index in [1.54, 1.807) is 6.07 Å². The maximum Gasteiger partial charge on any atom is 0.246 e. The standard InChI is InChI=1S/C19H23ClN2O3S/c1-3-25-18-13-15(2)17(20)14-19(18)26(23,24)22-11-9-21(10-12-22)16-7-5-4-6-8-16/h4-8,13-14H,3,9-12H2,1-2H3. The minimum Gasteiger partial charge on any atom is -0.492 e. The lowest BCUT2D eigenvalue weighted by Gasteiger charge is -2.35. The molecule has 0 unspecified atom stereocenters. The van der Waals surface area contributed by atoms with E-state index in [2.05, 4.69) is 4.90 Å². The maximum absolute atomic E-state index is 13.2. The first-order valence-electron chi connectivity index (χ1n) is 8.66. The van der Waals surface area contributed by atoms with Crippen LogP contribution in [0.2, 0.25) is 5.02 Å². The molecule has 0 radical (unpaired) electrons. The largest absolute Gasteiger partial charge is 0.492 e. The lowest BCUT2D eigenvalue weighted by molar-refractivity contribution is 0.327. The van der Waals surface area contributed by atoms with E-state index < -0.39 is 10.0 Å². The van der Waals surface area contributed by atoms with Crippen LogP contribution >= 0.6 is 11.6 Å². The lowest BCUT2D eigenvalue weighted by atomic mass is 10.2. The van der Waals surface area contributed by atoms with E-state index in [1.165, 1.54) is 10.4 Å². The Bertz CT molecular complexity index is 864. The zero-order chi connectivity index (χ0) is 18.7. The van der Waals surface area contributed by atoms with Crippen LogP contribution in [0.15, 0.2) is 47.4 Å². The highest BCUT2D eigenvalue weighted by Gasteiger charge is 2.31. The number of sulfonamides is 1. The summed E-state index contributed by atoms with van der Waals surface area (Å²) >= 11 is 6.19. The number of hydrogen-bond acceptors (Lipinski definition) is 4. The molecular formula is C19H23ClN2O3S. The van der Waals surface area contributed by atoms with Crippen LogP contribution in [-0.4, -0.2) is 45.5 Å². The molecule has 0 bridgehead atoms. The lowest BCUT2D eigenvalue weighted by Crippen LogP contribution is -2.48. The predicted octanol–water partition coefficient (Wildman–Crippen LogP) is 3.56. The zero-order valence-corrected chi connectivity index (χ0v) is 16.6. The second kappa shape index (κ2) is 7.86. The van der Waals surface area contributed by atoms with Crippen molar-refractivity contribution in [1.82, 2.24) is 4.31 Å². The van der Waals surface area contributed by atoms with Crippen molar-refractivity contribution in [3.63, 3.8) is 0 Å². The molecule has 7 heteroatoms. The van der Waals surface area contributed by atoms with Gasteiger partial charge in [-0.05, 0) is 43.7 Å². The fourth-order valence-corrected chi connectivity index (χ4v) is 4.86. The molecule has 0 spiro atoms. The van der Waals surface area contributed by atoms with Crippen LogP contribution in [0.3, 0.4) is 0 Å². The highest BCUT2D eigenvalue weighted by atomic mass is 35.5. The molecule has 0 N–H and O–H groups in total. The van der Waals surface area contributed by atoms with Crippen molar-refractivity contribution in [2.75, 3.05) is 37.7 Å². The van der Waals surface area contributed by atoms with Gasteiger partial charge in [-0.15, -0.1) is 0 Å². The first-order chi connectivity index (χ1) is 12.4. The number of halogens is 1. The summed E-state index contributed by atoms with van der Waals surface area (Å²) in [5, 5.41) is 0.426. The Hall–Kier alpha value is -1.76. The topological polar surface area (TPSA) is 49.9 Å². The summed E-state index contributed by atoms with van der Waals surface area (Å²) in [7, 11) is -3.66. The summed E-state index contributed by atoms with van der Waals surface area (Å²) in [6, 6.07) is 13.2. The van der Waals surface area contributed by atoms with Crippen LogP contribution in [0.25, 0.3) is 0 Å². The highest BCUT2D eigenvalue weighted by Crippen LogP contribution is 2.33. The normalized spacial score (nSPS) is 15.9. The maximum atomic E-state index is 13.2. The predicted molar refractivity (Wildman–Crippen MR) is 105 cm³/mol. The number of hydrogen-bond donors (Lipinski definition) is 0. The van der Waals surface area contributed by atoms with E-state index in [0.29, 0.717) is 43.6 Å². The van der Waals surface area contributed by atoms with Crippen molar-refractivity contribution in [3.8, 4) is 5.75 Å². The molecule has 0 aliphatic carbocycles. The van der Waals surface area contributed by atoms with Crippen molar-refractivity contribution in [2.24, 2.45) is 0 Å². The van der Waals surface area contributed by atoms with Gasteiger partial charge in [0, 0.05) is 36.9 Å². The molecule has 0 aromatic heterocycles. The van der Waals surface area contributed by atoms with Crippen LogP contribution in [-0.2, 0) is 10.0 Å². The monoisotopic (exact) mass is 394 g/mol. The number of anilines is 1. The SMILES string of the molecule is CCOc1cc(C)c(Cl)cc1S(=O)(=O)N1CCN(c2ccccc2)CC1. The molecule has 0 amide bonds. The summed E-state index contributed by atoms with van der Waals surface area (Å²) < 4.78 is 33.4. The summed E-state index contributed by atoms with van der Waals surface area (Å²) in [5.74, 6) is 0.361. The van der Waals surface area contributed by atoms with Gasteiger partial charge in [0.15, 0.2) is 0 Å². The van der Waals surface area contributed by atoms with Gasteiger partial charge in [0.1, 0.15) is 10.6 Å². The molecule has 0 atom stereocenters. The zero-order valence-electron chi connectivity index (χ0n) is 15.0. The number of aryl methyl sites for hydroxylation is 1. The van der Waals surface area contributed by atoms with Crippen LogP contribution in [0.4, 0.5) is 5.69 Å². The van der Waals surface area contributed by atoms with E-state index in [4.69, 9.17) is 16.3 Å². The molecule has 1 heterocycles. The average molecular weight is 395 g/mol. The molecule has 1 fully saturated rings. The van der Waals surface area contributed by atoms with Crippen molar-refractivity contribution in [3.05, 3.63) is 53.1 Å². The fraction of sp³-hybridized carbons (Fsp3) is 0.368. The van der Waals surface area contributed by atoms with Crippen LogP contribution < -0.4 is 9.64 Å². The summed E-state index contributed by atoms with van der Waals surface area (Å²) in [4.78, 5) is 2.33. The first kappa shape index (κ1) is 19.0. The number of ether oxygens (including phenoxy) is 1. The van der Waals surface area contributed by atoms with Crippen molar-refractivity contribution >= 4 is 27.3 Å². The van der Waals surface area contributed by atoms with Gasteiger partial charge in [0.25, 0.3) is 0 Å². The molecule has 5 nitrogen and oxygen atoms in total.